The highest BCUT2D eigenvalue weighted by molar-refractivity contribution is 7.91. The number of rotatable bonds is 8. The van der Waals surface area contributed by atoms with Gasteiger partial charge in [-0.25, -0.2) is 8.42 Å². The van der Waals surface area contributed by atoms with Gasteiger partial charge in [0.15, 0.2) is 0 Å². The van der Waals surface area contributed by atoms with Crippen molar-refractivity contribution >= 4 is 21.5 Å². The minimum Gasteiger partial charge on any atom is -0.493 e. The lowest BCUT2D eigenvalue weighted by atomic mass is 9.94. The van der Waals surface area contributed by atoms with E-state index in [1.54, 1.807) is 0 Å². The summed E-state index contributed by atoms with van der Waals surface area (Å²) in [5.41, 5.74) is 8.57. The molecule has 1 aliphatic heterocycles. The van der Waals surface area contributed by atoms with E-state index in [0.29, 0.717) is 31.9 Å². The van der Waals surface area contributed by atoms with E-state index in [4.69, 9.17) is 4.74 Å². The summed E-state index contributed by atoms with van der Waals surface area (Å²) >= 11 is 0. The normalized spacial score (nSPS) is 21.7. The van der Waals surface area contributed by atoms with Gasteiger partial charge in [-0.2, -0.15) is 0 Å². The van der Waals surface area contributed by atoms with Crippen LogP contribution in [0.5, 0.6) is 5.75 Å². The van der Waals surface area contributed by atoms with Gasteiger partial charge in [0.2, 0.25) is 0 Å². The average Bonchev–Trinajstić information content (AvgIpc) is 3.75. The summed E-state index contributed by atoms with van der Waals surface area (Å²) in [6, 6.07) is 21.3. The average molecular weight is 546 g/mol. The second-order valence-electron chi connectivity index (χ2n) is 11.3. The van der Waals surface area contributed by atoms with E-state index in [9.17, 15) is 18.3 Å². The molecule has 3 aromatic carbocycles. The fraction of sp³-hybridized carbons (Fsp3) is 0.406. The number of sulfone groups is 1. The minimum atomic E-state index is -2.85. The highest BCUT2D eigenvalue weighted by Gasteiger charge is 2.44. The van der Waals surface area contributed by atoms with Crippen molar-refractivity contribution in [1.29, 1.82) is 0 Å². The van der Waals surface area contributed by atoms with Crippen molar-refractivity contribution < 1.29 is 23.1 Å². The van der Waals surface area contributed by atoms with Crippen molar-refractivity contribution in [3.8, 4) is 16.9 Å². The monoisotopic (exact) mass is 545 g/mol. The zero-order valence-corrected chi connectivity index (χ0v) is 22.9. The molecule has 6 rings (SSSR count). The molecule has 204 valence electrons. The summed E-state index contributed by atoms with van der Waals surface area (Å²) in [5, 5.41) is 12.7. The van der Waals surface area contributed by atoms with Gasteiger partial charge in [0, 0.05) is 12.2 Å². The van der Waals surface area contributed by atoms with Gasteiger partial charge in [-0.3, -0.25) is 4.79 Å². The third-order valence-corrected chi connectivity index (χ3v) is 10.3. The molecule has 3 aromatic rings. The van der Waals surface area contributed by atoms with Gasteiger partial charge >= 0.3 is 5.97 Å². The molecular weight excluding hydrogens is 510 g/mol. The van der Waals surface area contributed by atoms with E-state index >= 15 is 0 Å². The van der Waals surface area contributed by atoms with Crippen molar-refractivity contribution in [2.24, 2.45) is 11.8 Å². The Hall–Kier alpha value is -3.32. The number of carbonyl (C=O) groups is 1. The maximum absolute atomic E-state index is 11.7. The van der Waals surface area contributed by atoms with Crippen LogP contribution in [-0.4, -0.2) is 37.6 Å². The minimum absolute atomic E-state index is 0.151. The lowest BCUT2D eigenvalue weighted by Crippen LogP contribution is -2.26. The number of aryl methyl sites for hydroxylation is 2. The first-order valence-electron chi connectivity index (χ1n) is 14.0. The highest BCUT2D eigenvalue weighted by atomic mass is 32.2. The summed E-state index contributed by atoms with van der Waals surface area (Å²) in [6.07, 6.45) is 5.26. The highest BCUT2D eigenvalue weighted by Crippen LogP contribution is 2.47. The molecule has 1 heterocycles. The van der Waals surface area contributed by atoms with Crippen molar-refractivity contribution in [2.45, 2.75) is 51.0 Å². The third-order valence-electron chi connectivity index (χ3n) is 8.54. The van der Waals surface area contributed by atoms with Crippen LogP contribution in [0.4, 0.5) is 5.69 Å². The van der Waals surface area contributed by atoms with Crippen LogP contribution in [0, 0.1) is 11.8 Å². The number of nitrogens with one attached hydrogen (secondary N) is 1. The largest absolute Gasteiger partial charge is 0.493 e. The lowest BCUT2D eigenvalue weighted by molar-refractivity contribution is -0.138. The van der Waals surface area contributed by atoms with Crippen LogP contribution in [0.15, 0.2) is 60.7 Å². The third kappa shape index (κ3) is 5.98. The number of fused-ring (bicyclic) bond motifs is 3. The van der Waals surface area contributed by atoms with Gasteiger partial charge < -0.3 is 15.2 Å². The molecule has 0 spiro atoms. The van der Waals surface area contributed by atoms with Gasteiger partial charge in [0.05, 0.1) is 24.0 Å². The maximum atomic E-state index is 11.7. The topological polar surface area (TPSA) is 92.7 Å². The van der Waals surface area contributed by atoms with Crippen molar-refractivity contribution in [1.82, 2.24) is 0 Å². The van der Waals surface area contributed by atoms with E-state index in [0.717, 1.165) is 42.7 Å². The Kier molecular flexibility index (Phi) is 7.10. The molecule has 0 bridgehead atoms. The van der Waals surface area contributed by atoms with Gasteiger partial charge in [-0.1, -0.05) is 30.3 Å². The Morgan fingerprint density at radius 3 is 2.44 bits per heavy atom. The van der Waals surface area contributed by atoms with Crippen molar-refractivity contribution in [2.75, 3.05) is 23.4 Å². The van der Waals surface area contributed by atoms with Gasteiger partial charge in [-0.05, 0) is 114 Å². The van der Waals surface area contributed by atoms with Crippen LogP contribution in [0.25, 0.3) is 11.1 Å². The van der Waals surface area contributed by atoms with Crippen molar-refractivity contribution in [3.05, 3.63) is 82.9 Å². The Morgan fingerprint density at radius 2 is 1.69 bits per heavy atom. The first-order valence-corrected chi connectivity index (χ1v) is 15.8. The molecule has 2 fully saturated rings. The van der Waals surface area contributed by atoms with Gasteiger partial charge in [0.1, 0.15) is 15.6 Å². The zero-order valence-electron chi connectivity index (χ0n) is 22.1. The number of aliphatic carboxylic acids is 1. The van der Waals surface area contributed by atoms with Crippen LogP contribution in [0.2, 0.25) is 0 Å². The van der Waals surface area contributed by atoms with E-state index in [2.05, 4.69) is 41.7 Å². The van der Waals surface area contributed by atoms with Crippen LogP contribution in [-0.2, 0) is 34.0 Å². The fourth-order valence-corrected chi connectivity index (χ4v) is 7.60. The Bertz CT molecular complexity index is 1470. The Balaban J connectivity index is 1.11. The number of ether oxygens (including phenoxy) is 1. The standard InChI is InChI=1S/C32H35NO5S/c34-32(35)31-18-30(31)24-6-8-26(9-7-24)33-19-22-4-5-23-2-1-3-25-17-27(10-11-28(25)29(23)16-22)38-20-21-12-14-39(36,37)15-13-21/h4-11,16-17,21,30-31,33H,1-3,12-15,18-20H2,(H,34,35). The van der Waals surface area contributed by atoms with Gasteiger partial charge in [-0.15, -0.1) is 0 Å². The second-order valence-corrected chi connectivity index (χ2v) is 13.6. The zero-order chi connectivity index (χ0) is 27.0. The Morgan fingerprint density at radius 1 is 0.923 bits per heavy atom. The summed E-state index contributed by atoms with van der Waals surface area (Å²) in [5.74, 6) is 0.943. The molecule has 1 saturated carbocycles. The fourth-order valence-electron chi connectivity index (χ4n) is 6.01. The summed E-state index contributed by atoms with van der Waals surface area (Å²) in [4.78, 5) is 11.2. The molecule has 2 atom stereocenters. The molecule has 7 heteroatoms. The van der Waals surface area contributed by atoms with Gasteiger partial charge in [0.25, 0.3) is 0 Å². The van der Waals surface area contributed by atoms with Crippen LogP contribution in [0.1, 0.15) is 53.9 Å². The van der Waals surface area contributed by atoms with E-state index in [1.165, 1.54) is 27.8 Å². The molecule has 6 nitrogen and oxygen atoms in total. The quantitative estimate of drug-likeness (QED) is 0.369. The molecule has 0 radical (unpaired) electrons. The van der Waals surface area contributed by atoms with Crippen LogP contribution >= 0.6 is 0 Å². The molecule has 2 unspecified atom stereocenters. The first kappa shape index (κ1) is 25.9. The number of carboxylic acids is 1. The second kappa shape index (κ2) is 10.7. The SMILES string of the molecule is O=C(O)C1CC1c1ccc(NCc2ccc3c(c2)-c2ccc(OCC4CCS(=O)(=O)CC4)cc2CCC3)cc1. The molecule has 2 N–H and O–H groups in total. The van der Waals surface area contributed by atoms with E-state index < -0.39 is 15.8 Å². The predicted molar refractivity (Wildman–Crippen MR) is 153 cm³/mol. The summed E-state index contributed by atoms with van der Waals surface area (Å²) in [7, 11) is -2.85. The molecular formula is C32H35NO5S. The predicted octanol–water partition coefficient (Wildman–Crippen LogP) is 5.85. The van der Waals surface area contributed by atoms with Crippen molar-refractivity contribution in [3.63, 3.8) is 0 Å². The number of hydrogen-bond donors (Lipinski definition) is 2. The lowest BCUT2D eigenvalue weighted by Gasteiger charge is -2.22. The first-order chi connectivity index (χ1) is 18.8. The Labute approximate surface area is 230 Å². The number of anilines is 1. The number of carboxylic acid groups (broad SMARTS) is 1. The summed E-state index contributed by atoms with van der Waals surface area (Å²) in [6.45, 7) is 1.28. The summed E-state index contributed by atoms with van der Waals surface area (Å²) < 4.78 is 29.5. The molecule has 2 aliphatic carbocycles. The van der Waals surface area contributed by atoms with E-state index in [-0.39, 0.29) is 23.3 Å². The maximum Gasteiger partial charge on any atom is 0.307 e. The molecule has 3 aliphatic rings. The number of hydrogen-bond acceptors (Lipinski definition) is 5. The van der Waals surface area contributed by atoms with Crippen LogP contribution < -0.4 is 10.1 Å². The van der Waals surface area contributed by atoms with E-state index in [1.807, 2.05) is 24.3 Å². The molecule has 0 aromatic heterocycles. The molecule has 1 saturated heterocycles. The molecule has 0 amide bonds. The number of benzene rings is 3. The molecule has 39 heavy (non-hydrogen) atoms. The van der Waals surface area contributed by atoms with Crippen LogP contribution in [0.3, 0.4) is 0 Å². The smallest absolute Gasteiger partial charge is 0.307 e.